The van der Waals surface area contributed by atoms with Crippen LogP contribution in [-0.2, 0) is 4.79 Å². The van der Waals surface area contributed by atoms with Crippen molar-refractivity contribution in [3.8, 4) is 0 Å². The van der Waals surface area contributed by atoms with Gasteiger partial charge in [-0.1, -0.05) is 0 Å². The van der Waals surface area contributed by atoms with Crippen LogP contribution in [0.1, 0.15) is 12.8 Å². The Morgan fingerprint density at radius 3 is 2.12 bits per heavy atom. The Hall–Kier alpha value is -0.650. The molecular weight excluding hydrogens is 216 g/mol. The second kappa shape index (κ2) is 7.63. The average molecular weight is 242 g/mol. The Balaban J connectivity index is 2.12. The van der Waals surface area contributed by atoms with Crippen LogP contribution in [0.25, 0.3) is 0 Å². The quantitative estimate of drug-likeness (QED) is 0.678. The summed E-state index contributed by atoms with van der Waals surface area (Å²) in [6, 6.07) is 0. The van der Waals surface area contributed by atoms with Gasteiger partial charge in [0.15, 0.2) is 0 Å². The maximum absolute atomic E-state index is 11.5. The van der Waals surface area contributed by atoms with Crippen LogP contribution >= 0.6 is 0 Å². The molecule has 1 rings (SSSR count). The van der Waals surface area contributed by atoms with E-state index in [1.54, 1.807) is 4.90 Å². The van der Waals surface area contributed by atoms with Crippen LogP contribution in [0.2, 0.25) is 0 Å². The Kier molecular flexibility index (Phi) is 6.47. The smallest absolute Gasteiger partial charge is 0.223 e. The lowest BCUT2D eigenvalue weighted by molar-refractivity contribution is -0.129. The van der Waals surface area contributed by atoms with E-state index in [4.69, 9.17) is 5.73 Å². The van der Waals surface area contributed by atoms with E-state index in [1.807, 2.05) is 14.1 Å². The molecule has 17 heavy (non-hydrogen) atoms. The molecule has 1 aliphatic heterocycles. The van der Waals surface area contributed by atoms with Gasteiger partial charge in [0.05, 0.1) is 0 Å². The zero-order chi connectivity index (χ0) is 12.7. The molecule has 1 amide bonds. The van der Waals surface area contributed by atoms with Gasteiger partial charge < -0.3 is 20.4 Å². The van der Waals surface area contributed by atoms with E-state index < -0.39 is 0 Å². The Labute approximate surface area is 105 Å². The molecule has 0 aromatic heterocycles. The molecule has 5 nitrogen and oxygen atoms in total. The second-order valence-electron chi connectivity index (χ2n) is 4.86. The fraction of sp³-hybridized carbons (Fsp3) is 0.917. The van der Waals surface area contributed by atoms with Gasteiger partial charge in [0, 0.05) is 53.2 Å². The van der Waals surface area contributed by atoms with Crippen LogP contribution in [0.15, 0.2) is 0 Å². The first-order valence-corrected chi connectivity index (χ1v) is 6.48. The molecule has 1 saturated heterocycles. The standard InChI is InChI=1S/C12H26N4O/c1-14(2)12(17)4-7-16-10-8-15(9-11-16)6-3-5-13/h3-11,13H2,1-2H3. The lowest BCUT2D eigenvalue weighted by atomic mass is 10.2. The highest BCUT2D eigenvalue weighted by atomic mass is 16.2. The summed E-state index contributed by atoms with van der Waals surface area (Å²) in [5, 5.41) is 0. The van der Waals surface area contributed by atoms with Crippen molar-refractivity contribution >= 4 is 5.91 Å². The number of carbonyl (C=O) groups is 1. The summed E-state index contributed by atoms with van der Waals surface area (Å²) >= 11 is 0. The Bertz CT molecular complexity index is 225. The Morgan fingerprint density at radius 1 is 1.12 bits per heavy atom. The first kappa shape index (κ1) is 14.4. The zero-order valence-electron chi connectivity index (χ0n) is 11.2. The predicted molar refractivity (Wildman–Crippen MR) is 69.9 cm³/mol. The minimum absolute atomic E-state index is 0.218. The number of hydrogen-bond donors (Lipinski definition) is 1. The number of piperazine rings is 1. The van der Waals surface area contributed by atoms with Crippen molar-refractivity contribution in [3.05, 3.63) is 0 Å². The second-order valence-corrected chi connectivity index (χ2v) is 4.86. The zero-order valence-corrected chi connectivity index (χ0v) is 11.2. The Morgan fingerprint density at radius 2 is 1.65 bits per heavy atom. The lowest BCUT2D eigenvalue weighted by Crippen LogP contribution is -2.47. The first-order chi connectivity index (χ1) is 8.13. The van der Waals surface area contributed by atoms with Gasteiger partial charge in [0.25, 0.3) is 0 Å². The monoisotopic (exact) mass is 242 g/mol. The van der Waals surface area contributed by atoms with E-state index in [0.29, 0.717) is 6.42 Å². The lowest BCUT2D eigenvalue weighted by Gasteiger charge is -2.34. The van der Waals surface area contributed by atoms with Crippen molar-refractivity contribution in [3.63, 3.8) is 0 Å². The van der Waals surface area contributed by atoms with E-state index in [-0.39, 0.29) is 5.91 Å². The molecule has 2 N–H and O–H groups in total. The summed E-state index contributed by atoms with van der Waals surface area (Å²) in [6.45, 7) is 7.14. The number of amides is 1. The predicted octanol–water partition coefficient (Wildman–Crippen LogP) is -0.569. The van der Waals surface area contributed by atoms with Gasteiger partial charge in [-0.15, -0.1) is 0 Å². The number of nitrogens with two attached hydrogens (primary N) is 1. The summed E-state index contributed by atoms with van der Waals surface area (Å²) in [5.41, 5.74) is 5.50. The SMILES string of the molecule is CN(C)C(=O)CCN1CCN(CCCN)CC1. The van der Waals surface area contributed by atoms with Gasteiger partial charge in [0.1, 0.15) is 0 Å². The third-order valence-electron chi connectivity index (χ3n) is 3.28. The maximum Gasteiger partial charge on any atom is 0.223 e. The molecule has 0 radical (unpaired) electrons. The molecule has 0 unspecified atom stereocenters. The third-order valence-corrected chi connectivity index (χ3v) is 3.28. The molecule has 1 aliphatic rings. The summed E-state index contributed by atoms with van der Waals surface area (Å²) in [6.07, 6.45) is 1.72. The van der Waals surface area contributed by atoms with Crippen molar-refractivity contribution < 1.29 is 4.79 Å². The van der Waals surface area contributed by atoms with E-state index in [1.165, 1.54) is 0 Å². The molecule has 0 spiro atoms. The number of carbonyl (C=O) groups excluding carboxylic acids is 1. The molecule has 1 heterocycles. The normalized spacial score (nSPS) is 18.3. The summed E-state index contributed by atoms with van der Waals surface area (Å²) < 4.78 is 0. The molecule has 0 aromatic carbocycles. The molecule has 0 bridgehead atoms. The van der Waals surface area contributed by atoms with Crippen molar-refractivity contribution in [2.75, 3.05) is 59.9 Å². The summed E-state index contributed by atoms with van der Waals surface area (Å²) in [5.74, 6) is 0.218. The van der Waals surface area contributed by atoms with E-state index >= 15 is 0 Å². The molecule has 100 valence electrons. The van der Waals surface area contributed by atoms with Crippen molar-refractivity contribution in [1.29, 1.82) is 0 Å². The van der Waals surface area contributed by atoms with Gasteiger partial charge in [-0.3, -0.25) is 4.79 Å². The summed E-state index contributed by atoms with van der Waals surface area (Å²) in [4.78, 5) is 18.0. The van der Waals surface area contributed by atoms with E-state index in [2.05, 4.69) is 9.80 Å². The van der Waals surface area contributed by atoms with Gasteiger partial charge in [-0.25, -0.2) is 0 Å². The van der Waals surface area contributed by atoms with Crippen LogP contribution in [0.5, 0.6) is 0 Å². The fourth-order valence-corrected chi connectivity index (χ4v) is 2.03. The number of hydrogen-bond acceptors (Lipinski definition) is 4. The van der Waals surface area contributed by atoms with Crippen LogP contribution in [0, 0.1) is 0 Å². The van der Waals surface area contributed by atoms with Crippen molar-refractivity contribution in [1.82, 2.24) is 14.7 Å². The molecular formula is C12H26N4O. The minimum atomic E-state index is 0.218. The first-order valence-electron chi connectivity index (χ1n) is 6.48. The van der Waals surface area contributed by atoms with Crippen LogP contribution in [-0.4, -0.2) is 80.5 Å². The highest BCUT2D eigenvalue weighted by Gasteiger charge is 2.17. The van der Waals surface area contributed by atoms with E-state index in [0.717, 1.165) is 52.2 Å². The minimum Gasteiger partial charge on any atom is -0.349 e. The van der Waals surface area contributed by atoms with Gasteiger partial charge >= 0.3 is 0 Å². The highest BCUT2D eigenvalue weighted by molar-refractivity contribution is 5.75. The number of nitrogens with zero attached hydrogens (tertiary/aromatic N) is 3. The van der Waals surface area contributed by atoms with Gasteiger partial charge in [-0.05, 0) is 19.5 Å². The molecule has 0 aliphatic carbocycles. The van der Waals surface area contributed by atoms with Crippen molar-refractivity contribution in [2.45, 2.75) is 12.8 Å². The highest BCUT2D eigenvalue weighted by Crippen LogP contribution is 2.03. The molecule has 0 saturated carbocycles. The average Bonchev–Trinajstić information content (AvgIpc) is 2.34. The van der Waals surface area contributed by atoms with E-state index in [9.17, 15) is 4.79 Å². The maximum atomic E-state index is 11.5. The van der Waals surface area contributed by atoms with Gasteiger partial charge in [0.2, 0.25) is 5.91 Å². The van der Waals surface area contributed by atoms with Crippen LogP contribution < -0.4 is 5.73 Å². The molecule has 0 atom stereocenters. The molecule has 5 heteroatoms. The number of rotatable bonds is 6. The largest absolute Gasteiger partial charge is 0.349 e. The summed E-state index contributed by atoms with van der Waals surface area (Å²) in [7, 11) is 3.63. The van der Waals surface area contributed by atoms with Crippen LogP contribution in [0.4, 0.5) is 0 Å². The topological polar surface area (TPSA) is 52.8 Å². The molecule has 0 aromatic rings. The van der Waals surface area contributed by atoms with Crippen LogP contribution in [0.3, 0.4) is 0 Å². The van der Waals surface area contributed by atoms with Crippen molar-refractivity contribution in [2.24, 2.45) is 5.73 Å². The molecule has 1 fully saturated rings. The van der Waals surface area contributed by atoms with Gasteiger partial charge in [-0.2, -0.15) is 0 Å². The fourth-order valence-electron chi connectivity index (χ4n) is 2.03. The third kappa shape index (κ3) is 5.48.